The van der Waals surface area contributed by atoms with Crippen LogP contribution >= 0.6 is 0 Å². The van der Waals surface area contributed by atoms with E-state index in [4.69, 9.17) is 0 Å². The molecule has 4 aliphatic rings. The summed E-state index contributed by atoms with van der Waals surface area (Å²) < 4.78 is 0. The summed E-state index contributed by atoms with van der Waals surface area (Å²) in [4.78, 5) is 24.3. The molecule has 0 spiro atoms. The molecule has 4 rings (SSSR count). The minimum Gasteiger partial charge on any atom is -0.300 e. The zero-order valence-corrected chi connectivity index (χ0v) is 15.6. The average Bonchev–Trinajstić information content (AvgIpc) is 2.79. The summed E-state index contributed by atoms with van der Waals surface area (Å²) in [6.07, 6.45) is 12.1. The third-order valence-electron chi connectivity index (χ3n) is 8.66. The number of hydrogen-bond acceptors (Lipinski definition) is 2. The van der Waals surface area contributed by atoms with Gasteiger partial charge in [0.05, 0.1) is 0 Å². The second-order valence-corrected chi connectivity index (χ2v) is 9.61. The predicted molar refractivity (Wildman–Crippen MR) is 95.5 cm³/mol. The van der Waals surface area contributed by atoms with Crippen molar-refractivity contribution in [2.45, 2.75) is 78.6 Å². The van der Waals surface area contributed by atoms with E-state index in [2.05, 4.69) is 19.9 Å². The fourth-order valence-electron chi connectivity index (χ4n) is 7.40. The highest BCUT2D eigenvalue weighted by molar-refractivity contribution is 5.81. The Kier molecular flexibility index (Phi) is 3.82. The Morgan fingerprint density at radius 1 is 1.12 bits per heavy atom. The first-order valence-electron chi connectivity index (χ1n) is 10.1. The summed E-state index contributed by atoms with van der Waals surface area (Å²) in [5.41, 5.74) is 1.93. The summed E-state index contributed by atoms with van der Waals surface area (Å²) in [5.74, 6) is 3.32. The van der Waals surface area contributed by atoms with Gasteiger partial charge in [-0.3, -0.25) is 9.59 Å². The van der Waals surface area contributed by atoms with E-state index in [0.717, 1.165) is 37.5 Å². The monoisotopic (exact) mass is 328 g/mol. The molecular formula is C22H32O2. The molecule has 132 valence electrons. The fraction of sp³-hybridized carbons (Fsp3) is 0.818. The normalized spacial score (nSPS) is 48.0. The van der Waals surface area contributed by atoms with Crippen LogP contribution in [-0.2, 0) is 9.59 Å². The van der Waals surface area contributed by atoms with Gasteiger partial charge in [0.2, 0.25) is 0 Å². The molecule has 3 saturated carbocycles. The van der Waals surface area contributed by atoms with E-state index in [1.54, 1.807) is 0 Å². The van der Waals surface area contributed by atoms with E-state index in [0.29, 0.717) is 23.9 Å². The second-order valence-electron chi connectivity index (χ2n) is 9.61. The van der Waals surface area contributed by atoms with Crippen LogP contribution in [0.2, 0.25) is 0 Å². The van der Waals surface area contributed by atoms with Crippen LogP contribution in [0.1, 0.15) is 78.6 Å². The zero-order chi connectivity index (χ0) is 17.1. The molecular weight excluding hydrogens is 296 g/mol. The van der Waals surface area contributed by atoms with E-state index in [9.17, 15) is 9.59 Å². The summed E-state index contributed by atoms with van der Waals surface area (Å²) in [6, 6.07) is 0. The smallest absolute Gasteiger partial charge is 0.136 e. The van der Waals surface area contributed by atoms with Crippen LogP contribution in [0, 0.1) is 34.5 Å². The van der Waals surface area contributed by atoms with Gasteiger partial charge < -0.3 is 0 Å². The fourth-order valence-corrected chi connectivity index (χ4v) is 7.40. The Bertz CT molecular complexity index is 603. The van der Waals surface area contributed by atoms with Gasteiger partial charge in [0, 0.05) is 18.8 Å². The van der Waals surface area contributed by atoms with Crippen molar-refractivity contribution in [3.05, 3.63) is 11.6 Å². The van der Waals surface area contributed by atoms with E-state index in [-0.39, 0.29) is 16.7 Å². The van der Waals surface area contributed by atoms with Crippen molar-refractivity contribution in [3.8, 4) is 0 Å². The van der Waals surface area contributed by atoms with Gasteiger partial charge in [-0.05, 0) is 80.5 Å². The van der Waals surface area contributed by atoms with Crippen molar-refractivity contribution in [2.24, 2.45) is 34.5 Å². The standard InChI is InChI=1S/C22H32O2/c1-14(23)18-8-9-19-17-7-6-15-13-16(24)5-4-11-21(15,2)20(17)10-12-22(18,19)3/h6,17-20H,4-5,7-13H2,1-3H3/t17-,18+,19-,20-,21-,22+/m0/s1. The molecule has 4 aliphatic carbocycles. The Hall–Kier alpha value is -0.920. The minimum atomic E-state index is 0.231. The van der Waals surface area contributed by atoms with Crippen LogP contribution in [0.5, 0.6) is 0 Å². The topological polar surface area (TPSA) is 34.1 Å². The first-order valence-corrected chi connectivity index (χ1v) is 10.1. The average molecular weight is 328 g/mol. The Morgan fingerprint density at radius 2 is 1.92 bits per heavy atom. The molecule has 0 aliphatic heterocycles. The minimum absolute atomic E-state index is 0.231. The van der Waals surface area contributed by atoms with E-state index < -0.39 is 0 Å². The van der Waals surface area contributed by atoms with Crippen molar-refractivity contribution in [1.82, 2.24) is 0 Å². The number of carbonyl (C=O) groups is 2. The van der Waals surface area contributed by atoms with Gasteiger partial charge in [0.25, 0.3) is 0 Å². The number of carbonyl (C=O) groups excluding carboxylic acids is 2. The van der Waals surface area contributed by atoms with Gasteiger partial charge in [0.15, 0.2) is 0 Å². The van der Waals surface area contributed by atoms with Crippen LogP contribution in [0.15, 0.2) is 11.6 Å². The molecule has 6 atom stereocenters. The first-order chi connectivity index (χ1) is 11.4. The molecule has 0 N–H and O–H groups in total. The number of rotatable bonds is 1. The van der Waals surface area contributed by atoms with Crippen molar-refractivity contribution in [3.63, 3.8) is 0 Å². The van der Waals surface area contributed by atoms with E-state index in [1.807, 2.05) is 6.92 Å². The highest BCUT2D eigenvalue weighted by atomic mass is 16.1. The lowest BCUT2D eigenvalue weighted by molar-refractivity contribution is -0.127. The molecule has 0 aromatic rings. The maximum atomic E-state index is 12.2. The van der Waals surface area contributed by atoms with E-state index in [1.165, 1.54) is 31.3 Å². The summed E-state index contributed by atoms with van der Waals surface area (Å²) in [5, 5.41) is 0. The lowest BCUT2D eigenvalue weighted by Crippen LogP contribution is -2.49. The quantitative estimate of drug-likeness (QED) is 0.627. The summed E-state index contributed by atoms with van der Waals surface area (Å²) >= 11 is 0. The van der Waals surface area contributed by atoms with Gasteiger partial charge in [-0.2, -0.15) is 0 Å². The molecule has 24 heavy (non-hydrogen) atoms. The predicted octanol–water partition coefficient (Wildman–Crippen LogP) is 5.11. The summed E-state index contributed by atoms with van der Waals surface area (Å²) in [7, 11) is 0. The number of Topliss-reactive ketones (excluding diaryl/α,β-unsaturated/α-hetero) is 2. The Labute approximate surface area is 146 Å². The summed E-state index contributed by atoms with van der Waals surface area (Å²) in [6.45, 7) is 6.67. The molecule has 0 radical (unpaired) electrons. The number of allylic oxidation sites excluding steroid dienone is 2. The highest BCUT2D eigenvalue weighted by Crippen LogP contribution is 2.65. The van der Waals surface area contributed by atoms with Crippen LogP contribution in [0.4, 0.5) is 0 Å². The van der Waals surface area contributed by atoms with Crippen LogP contribution in [0.25, 0.3) is 0 Å². The van der Waals surface area contributed by atoms with E-state index >= 15 is 0 Å². The molecule has 0 heterocycles. The van der Waals surface area contributed by atoms with Crippen LogP contribution < -0.4 is 0 Å². The molecule has 0 unspecified atom stereocenters. The van der Waals surface area contributed by atoms with Gasteiger partial charge in [-0.1, -0.05) is 25.5 Å². The highest BCUT2D eigenvalue weighted by Gasteiger charge is 2.58. The van der Waals surface area contributed by atoms with Gasteiger partial charge >= 0.3 is 0 Å². The lowest BCUT2D eigenvalue weighted by Gasteiger charge is -2.56. The molecule has 2 heteroatoms. The molecule has 3 fully saturated rings. The largest absolute Gasteiger partial charge is 0.300 e. The number of fused-ring (bicyclic) bond motifs is 5. The lowest BCUT2D eigenvalue weighted by atomic mass is 9.48. The first kappa shape index (κ1) is 16.5. The van der Waals surface area contributed by atoms with Crippen molar-refractivity contribution in [2.75, 3.05) is 0 Å². The number of hydrogen-bond donors (Lipinski definition) is 0. The van der Waals surface area contributed by atoms with Gasteiger partial charge in [-0.25, -0.2) is 0 Å². The molecule has 0 amide bonds. The van der Waals surface area contributed by atoms with Gasteiger partial charge in [-0.15, -0.1) is 0 Å². The van der Waals surface area contributed by atoms with Crippen molar-refractivity contribution < 1.29 is 9.59 Å². The van der Waals surface area contributed by atoms with Crippen LogP contribution in [0.3, 0.4) is 0 Å². The number of ketones is 2. The van der Waals surface area contributed by atoms with Crippen molar-refractivity contribution in [1.29, 1.82) is 0 Å². The Balaban J connectivity index is 1.68. The molecule has 0 aromatic carbocycles. The SMILES string of the molecule is CC(=O)[C@H]1CC[C@H]2[C@@H]3CC=C4CC(=O)CCC[C@]4(C)[C@H]3CC[C@]12C. The van der Waals surface area contributed by atoms with Gasteiger partial charge in [0.1, 0.15) is 11.6 Å². The molecule has 2 nitrogen and oxygen atoms in total. The van der Waals surface area contributed by atoms with Crippen molar-refractivity contribution >= 4 is 11.6 Å². The second kappa shape index (κ2) is 5.54. The van der Waals surface area contributed by atoms with Crippen LogP contribution in [-0.4, -0.2) is 11.6 Å². The maximum absolute atomic E-state index is 12.2. The third-order valence-corrected chi connectivity index (χ3v) is 8.66. The third kappa shape index (κ3) is 2.21. The molecule has 0 bridgehead atoms. The Morgan fingerprint density at radius 3 is 2.67 bits per heavy atom. The maximum Gasteiger partial charge on any atom is 0.136 e. The molecule has 0 aromatic heterocycles. The zero-order valence-electron chi connectivity index (χ0n) is 15.6. The molecule has 0 saturated heterocycles.